The predicted octanol–water partition coefficient (Wildman–Crippen LogP) is 4.65. The highest BCUT2D eigenvalue weighted by Gasteiger charge is 2.15. The molecule has 0 atom stereocenters. The lowest BCUT2D eigenvalue weighted by Crippen LogP contribution is -2.00. The van der Waals surface area contributed by atoms with E-state index < -0.39 is 11.6 Å². The maximum absolute atomic E-state index is 12.2. The number of carbonyl (C=O) groups excluding carboxylic acids is 1. The number of halogens is 1. The smallest absolute Gasteiger partial charge is 0.347 e. The molecule has 5 nitrogen and oxygen atoms in total. The summed E-state index contributed by atoms with van der Waals surface area (Å²) in [5, 5.41) is 1.48. The molecule has 6 heteroatoms. The van der Waals surface area contributed by atoms with Crippen molar-refractivity contribution in [2.75, 3.05) is 7.11 Å². The third kappa shape index (κ3) is 2.58. The van der Waals surface area contributed by atoms with Crippen LogP contribution in [-0.4, -0.2) is 13.1 Å². The van der Waals surface area contributed by atoms with Gasteiger partial charge in [-0.1, -0.05) is 23.7 Å². The Morgan fingerprint density at radius 2 is 1.76 bits per heavy atom. The lowest BCUT2D eigenvalue weighted by atomic mass is 10.1. The molecule has 2 heterocycles. The fourth-order valence-electron chi connectivity index (χ4n) is 2.70. The van der Waals surface area contributed by atoms with Crippen molar-refractivity contribution in [1.82, 2.24) is 0 Å². The highest BCUT2D eigenvalue weighted by Crippen LogP contribution is 2.32. The number of fused-ring (bicyclic) bond motifs is 3. The Kier molecular flexibility index (Phi) is 3.58. The van der Waals surface area contributed by atoms with E-state index in [2.05, 4.69) is 4.74 Å². The highest BCUT2D eigenvalue weighted by molar-refractivity contribution is 6.31. The van der Waals surface area contributed by atoms with Crippen LogP contribution in [-0.2, 0) is 4.74 Å². The molecule has 0 spiro atoms. The number of ether oxygens (including phenoxy) is 1. The summed E-state index contributed by atoms with van der Waals surface area (Å²) in [5.41, 5.74) is 1.49. The van der Waals surface area contributed by atoms with Crippen LogP contribution in [0.2, 0.25) is 5.02 Å². The molecular weight excluding hydrogens is 344 g/mol. The van der Waals surface area contributed by atoms with Crippen molar-refractivity contribution in [2.45, 2.75) is 0 Å². The molecule has 124 valence electrons. The summed E-state index contributed by atoms with van der Waals surface area (Å²) in [7, 11) is 1.32. The molecule has 0 aliphatic rings. The zero-order valence-electron chi connectivity index (χ0n) is 13.0. The molecule has 0 amide bonds. The second-order valence-corrected chi connectivity index (χ2v) is 5.89. The van der Waals surface area contributed by atoms with Crippen molar-refractivity contribution in [3.8, 4) is 11.3 Å². The quantitative estimate of drug-likeness (QED) is 0.387. The summed E-state index contributed by atoms with van der Waals surface area (Å²) in [6, 6.07) is 13.3. The zero-order valence-corrected chi connectivity index (χ0v) is 13.8. The molecule has 0 N–H and O–H groups in total. The van der Waals surface area contributed by atoms with Crippen LogP contribution >= 0.6 is 11.6 Å². The Bertz CT molecular complexity index is 1170. The molecule has 0 saturated heterocycles. The molecule has 0 fully saturated rings. The van der Waals surface area contributed by atoms with Crippen LogP contribution in [0.1, 0.15) is 10.4 Å². The van der Waals surface area contributed by atoms with Crippen molar-refractivity contribution in [3.63, 3.8) is 0 Å². The highest BCUT2D eigenvalue weighted by atomic mass is 35.5. The molecule has 4 rings (SSSR count). The first-order valence-electron chi connectivity index (χ1n) is 7.41. The van der Waals surface area contributed by atoms with Gasteiger partial charge in [0.05, 0.1) is 18.1 Å². The van der Waals surface area contributed by atoms with Gasteiger partial charge in [-0.25, -0.2) is 9.59 Å². The van der Waals surface area contributed by atoms with E-state index in [-0.39, 0.29) is 0 Å². The van der Waals surface area contributed by atoms with Gasteiger partial charge in [0.1, 0.15) is 16.7 Å². The van der Waals surface area contributed by atoms with Gasteiger partial charge in [-0.05, 0) is 36.4 Å². The van der Waals surface area contributed by atoms with E-state index >= 15 is 0 Å². The van der Waals surface area contributed by atoms with Gasteiger partial charge in [-0.2, -0.15) is 0 Å². The van der Waals surface area contributed by atoms with Gasteiger partial charge in [-0.3, -0.25) is 0 Å². The van der Waals surface area contributed by atoms with E-state index in [4.69, 9.17) is 20.4 Å². The van der Waals surface area contributed by atoms with E-state index in [1.807, 2.05) is 0 Å². The van der Waals surface area contributed by atoms with Crippen LogP contribution in [0.3, 0.4) is 0 Å². The van der Waals surface area contributed by atoms with Crippen molar-refractivity contribution in [2.24, 2.45) is 0 Å². The van der Waals surface area contributed by atoms with E-state index in [1.165, 1.54) is 7.11 Å². The number of hydrogen-bond acceptors (Lipinski definition) is 5. The molecule has 2 aromatic carbocycles. The summed E-state index contributed by atoms with van der Waals surface area (Å²) in [4.78, 5) is 23.7. The Labute approximate surface area is 146 Å². The minimum Gasteiger partial charge on any atom is -0.465 e. The van der Waals surface area contributed by atoms with Gasteiger partial charge in [0, 0.05) is 10.6 Å². The number of esters is 1. The minimum absolute atomic E-state index is 0.335. The van der Waals surface area contributed by atoms with Crippen molar-refractivity contribution >= 4 is 39.5 Å². The Balaban J connectivity index is 1.90. The summed E-state index contributed by atoms with van der Waals surface area (Å²) in [5.74, 6) is 0.0728. The second-order valence-electron chi connectivity index (χ2n) is 5.45. The van der Waals surface area contributed by atoms with Crippen molar-refractivity contribution in [1.29, 1.82) is 0 Å². The average molecular weight is 355 g/mol. The molecule has 0 bridgehead atoms. The molecule has 2 aromatic heterocycles. The lowest BCUT2D eigenvalue weighted by molar-refractivity contribution is 0.0600. The molecule has 0 saturated carbocycles. The molecule has 4 aromatic rings. The minimum atomic E-state index is -0.481. The van der Waals surface area contributed by atoms with Crippen molar-refractivity contribution in [3.05, 3.63) is 69.5 Å². The van der Waals surface area contributed by atoms with E-state index in [0.29, 0.717) is 38.3 Å². The number of hydrogen-bond donors (Lipinski definition) is 0. The van der Waals surface area contributed by atoms with E-state index in [0.717, 1.165) is 5.56 Å². The molecule has 0 unspecified atom stereocenters. The summed E-state index contributed by atoms with van der Waals surface area (Å²) >= 11 is 6.04. The maximum atomic E-state index is 12.2. The van der Waals surface area contributed by atoms with Gasteiger partial charge in [0.2, 0.25) is 0 Å². The summed E-state index contributed by atoms with van der Waals surface area (Å²) in [6.07, 6.45) is 0. The molecule has 0 radical (unpaired) electrons. The van der Waals surface area contributed by atoms with Crippen LogP contribution in [0.25, 0.3) is 33.3 Å². The van der Waals surface area contributed by atoms with Gasteiger partial charge in [0.25, 0.3) is 0 Å². The van der Waals surface area contributed by atoms with Crippen LogP contribution in [0.5, 0.6) is 0 Å². The first-order chi connectivity index (χ1) is 12.1. The standard InChI is InChI=1S/C19H11ClO5/c1-23-18(21)11-4-2-10(3-5-11)16-9-14-17(24-16)13-8-12(20)6-7-15(13)25-19(14)22/h2-9H,1H3. The Morgan fingerprint density at radius 1 is 1.00 bits per heavy atom. The fraction of sp³-hybridized carbons (Fsp3) is 0.0526. The normalized spacial score (nSPS) is 11.1. The summed E-state index contributed by atoms with van der Waals surface area (Å²) < 4.78 is 15.9. The van der Waals surface area contributed by atoms with Gasteiger partial charge < -0.3 is 13.6 Å². The average Bonchev–Trinajstić information content (AvgIpc) is 3.08. The molecular formula is C19H11ClO5. The third-order valence-electron chi connectivity index (χ3n) is 3.93. The third-order valence-corrected chi connectivity index (χ3v) is 4.17. The number of furan rings is 1. The number of rotatable bonds is 2. The fourth-order valence-corrected chi connectivity index (χ4v) is 2.87. The van der Waals surface area contributed by atoms with Gasteiger partial charge in [0.15, 0.2) is 5.58 Å². The Hall–Kier alpha value is -3.05. The first kappa shape index (κ1) is 15.5. The predicted molar refractivity (Wildman–Crippen MR) is 94.0 cm³/mol. The van der Waals surface area contributed by atoms with Crippen LogP contribution in [0, 0.1) is 0 Å². The van der Waals surface area contributed by atoms with Crippen LogP contribution in [0.4, 0.5) is 0 Å². The molecule has 0 aliphatic heterocycles. The number of methoxy groups -OCH3 is 1. The largest absolute Gasteiger partial charge is 0.465 e. The maximum Gasteiger partial charge on any atom is 0.347 e. The number of benzene rings is 2. The van der Waals surface area contributed by atoms with Gasteiger partial charge in [-0.15, -0.1) is 0 Å². The van der Waals surface area contributed by atoms with Crippen LogP contribution in [0.15, 0.2) is 62.2 Å². The van der Waals surface area contributed by atoms with Crippen LogP contribution < -0.4 is 5.63 Å². The monoisotopic (exact) mass is 354 g/mol. The molecule has 25 heavy (non-hydrogen) atoms. The molecule has 0 aliphatic carbocycles. The van der Waals surface area contributed by atoms with E-state index in [1.54, 1.807) is 48.5 Å². The SMILES string of the molecule is COC(=O)c1ccc(-c2cc3c(=O)oc4ccc(Cl)cc4c3o2)cc1. The zero-order chi connectivity index (χ0) is 17.6. The number of carbonyl (C=O) groups is 1. The van der Waals surface area contributed by atoms with E-state index in [9.17, 15) is 9.59 Å². The summed E-state index contributed by atoms with van der Waals surface area (Å²) in [6.45, 7) is 0. The lowest BCUT2D eigenvalue weighted by Gasteiger charge is -2.00. The Morgan fingerprint density at radius 3 is 2.48 bits per heavy atom. The second kappa shape index (κ2) is 5.79. The van der Waals surface area contributed by atoms with Gasteiger partial charge >= 0.3 is 11.6 Å². The van der Waals surface area contributed by atoms with Crippen molar-refractivity contribution < 1.29 is 18.4 Å². The topological polar surface area (TPSA) is 69.7 Å². The first-order valence-corrected chi connectivity index (χ1v) is 7.79.